The highest BCUT2D eigenvalue weighted by Crippen LogP contribution is 2.20. The van der Waals surface area contributed by atoms with Gasteiger partial charge in [-0.2, -0.15) is 0 Å². The summed E-state index contributed by atoms with van der Waals surface area (Å²) >= 11 is 0. The Hall–Kier alpha value is -1.79. The van der Waals surface area contributed by atoms with E-state index in [0.717, 1.165) is 32.1 Å². The molecule has 0 bridgehead atoms. The second kappa shape index (κ2) is 8.39. The topological polar surface area (TPSA) is 102 Å². The number of carbonyl (C=O) groups excluding carboxylic acids is 2. The lowest BCUT2D eigenvalue weighted by Crippen LogP contribution is -2.36. The maximum absolute atomic E-state index is 11.4. The van der Waals surface area contributed by atoms with Gasteiger partial charge in [0.25, 0.3) is 0 Å². The monoisotopic (exact) mass is 287 g/mol. The first kappa shape index (κ1) is 16.3. The standard InChI is InChI=1S/C13H21NO6/c1-2-10(12(16)17)20-11(15)8-14-13(18)19-9-6-4-3-5-7-9/h9-10H,2-8H2,1H3,(H,14,18)(H,16,17). The smallest absolute Gasteiger partial charge is 0.407 e. The van der Waals surface area contributed by atoms with Crippen LogP contribution in [0.1, 0.15) is 45.4 Å². The van der Waals surface area contributed by atoms with Crippen LogP contribution in [0.5, 0.6) is 0 Å². The lowest BCUT2D eigenvalue weighted by molar-refractivity contribution is -0.163. The second-order valence-corrected chi connectivity index (χ2v) is 4.74. The fourth-order valence-corrected chi connectivity index (χ4v) is 2.03. The average molecular weight is 287 g/mol. The van der Waals surface area contributed by atoms with Gasteiger partial charge in [0.15, 0.2) is 6.10 Å². The number of alkyl carbamates (subject to hydrolysis) is 1. The summed E-state index contributed by atoms with van der Waals surface area (Å²) in [5, 5.41) is 11.0. The molecule has 1 saturated carbocycles. The molecule has 0 aromatic heterocycles. The first-order chi connectivity index (χ1) is 9.52. The lowest BCUT2D eigenvalue weighted by atomic mass is 9.98. The lowest BCUT2D eigenvalue weighted by Gasteiger charge is -2.21. The molecule has 0 radical (unpaired) electrons. The van der Waals surface area contributed by atoms with Gasteiger partial charge in [0.1, 0.15) is 12.6 Å². The van der Waals surface area contributed by atoms with E-state index in [2.05, 4.69) is 5.32 Å². The van der Waals surface area contributed by atoms with Crippen molar-refractivity contribution in [2.24, 2.45) is 0 Å². The molecule has 1 unspecified atom stereocenters. The molecule has 0 spiro atoms. The van der Waals surface area contributed by atoms with Crippen LogP contribution >= 0.6 is 0 Å². The molecular formula is C13H21NO6. The summed E-state index contributed by atoms with van der Waals surface area (Å²) in [6.07, 6.45) is 3.14. The Balaban J connectivity index is 2.22. The predicted molar refractivity (Wildman–Crippen MR) is 69.2 cm³/mol. The Bertz CT molecular complexity index is 351. The Labute approximate surface area is 117 Å². The minimum absolute atomic E-state index is 0.0952. The fourth-order valence-electron chi connectivity index (χ4n) is 2.03. The van der Waals surface area contributed by atoms with E-state index in [0.29, 0.717) is 0 Å². The number of hydrogen-bond donors (Lipinski definition) is 2. The van der Waals surface area contributed by atoms with Gasteiger partial charge in [-0.1, -0.05) is 13.3 Å². The molecule has 114 valence electrons. The van der Waals surface area contributed by atoms with Gasteiger partial charge in [-0.25, -0.2) is 9.59 Å². The van der Waals surface area contributed by atoms with Crippen molar-refractivity contribution in [3.05, 3.63) is 0 Å². The first-order valence-corrected chi connectivity index (χ1v) is 6.89. The van der Waals surface area contributed by atoms with E-state index in [1.807, 2.05) is 0 Å². The van der Waals surface area contributed by atoms with Crippen LogP contribution in [0.25, 0.3) is 0 Å². The van der Waals surface area contributed by atoms with Crippen molar-refractivity contribution < 1.29 is 29.0 Å². The van der Waals surface area contributed by atoms with Gasteiger partial charge in [-0.05, 0) is 32.1 Å². The molecule has 0 aliphatic heterocycles. The van der Waals surface area contributed by atoms with Crippen molar-refractivity contribution in [1.82, 2.24) is 5.32 Å². The van der Waals surface area contributed by atoms with Crippen molar-refractivity contribution in [3.63, 3.8) is 0 Å². The van der Waals surface area contributed by atoms with Crippen molar-refractivity contribution >= 4 is 18.0 Å². The van der Waals surface area contributed by atoms with Crippen LogP contribution in [0.2, 0.25) is 0 Å². The maximum Gasteiger partial charge on any atom is 0.407 e. The molecule has 0 aromatic carbocycles. The van der Waals surface area contributed by atoms with E-state index >= 15 is 0 Å². The van der Waals surface area contributed by atoms with E-state index in [1.165, 1.54) is 0 Å². The molecule has 0 aromatic rings. The van der Waals surface area contributed by atoms with Crippen molar-refractivity contribution in [2.45, 2.75) is 57.7 Å². The zero-order valence-electron chi connectivity index (χ0n) is 11.6. The molecule has 1 rings (SSSR count). The number of hydrogen-bond acceptors (Lipinski definition) is 5. The minimum atomic E-state index is -1.20. The van der Waals surface area contributed by atoms with Crippen LogP contribution in [-0.4, -0.2) is 41.9 Å². The zero-order chi connectivity index (χ0) is 15.0. The van der Waals surface area contributed by atoms with Gasteiger partial charge < -0.3 is 19.9 Å². The van der Waals surface area contributed by atoms with Gasteiger partial charge in [0.05, 0.1) is 0 Å². The van der Waals surface area contributed by atoms with Crippen LogP contribution in [-0.2, 0) is 19.1 Å². The van der Waals surface area contributed by atoms with E-state index in [1.54, 1.807) is 6.92 Å². The number of esters is 1. The van der Waals surface area contributed by atoms with E-state index in [-0.39, 0.29) is 12.5 Å². The van der Waals surface area contributed by atoms with Crippen LogP contribution in [0.3, 0.4) is 0 Å². The predicted octanol–water partition coefficient (Wildman–Crippen LogP) is 1.45. The third-order valence-corrected chi connectivity index (χ3v) is 3.12. The number of carbonyl (C=O) groups is 3. The molecular weight excluding hydrogens is 266 g/mol. The number of carboxylic acids is 1. The maximum atomic E-state index is 11.4. The van der Waals surface area contributed by atoms with Gasteiger partial charge in [0.2, 0.25) is 0 Å². The highest BCUT2D eigenvalue weighted by atomic mass is 16.6. The molecule has 20 heavy (non-hydrogen) atoms. The molecule has 2 N–H and O–H groups in total. The van der Waals surface area contributed by atoms with Gasteiger partial charge >= 0.3 is 18.0 Å². The van der Waals surface area contributed by atoms with Crippen LogP contribution in [0.4, 0.5) is 4.79 Å². The average Bonchev–Trinajstić information content (AvgIpc) is 2.43. The van der Waals surface area contributed by atoms with Crippen LogP contribution in [0.15, 0.2) is 0 Å². The number of amides is 1. The zero-order valence-corrected chi connectivity index (χ0v) is 11.6. The molecule has 0 saturated heterocycles. The number of nitrogens with one attached hydrogen (secondary N) is 1. The summed E-state index contributed by atoms with van der Waals surface area (Å²) in [6.45, 7) is 1.20. The summed E-state index contributed by atoms with van der Waals surface area (Å²) in [7, 11) is 0. The van der Waals surface area contributed by atoms with Gasteiger partial charge in [0, 0.05) is 0 Å². The third kappa shape index (κ3) is 5.90. The second-order valence-electron chi connectivity index (χ2n) is 4.74. The van der Waals surface area contributed by atoms with Gasteiger partial charge in [-0.3, -0.25) is 4.79 Å². The van der Waals surface area contributed by atoms with E-state index in [4.69, 9.17) is 14.6 Å². The molecule has 7 nitrogen and oxygen atoms in total. The summed E-state index contributed by atoms with van der Waals surface area (Å²) in [4.78, 5) is 33.5. The summed E-state index contributed by atoms with van der Waals surface area (Å²) in [6, 6.07) is 0. The van der Waals surface area contributed by atoms with Crippen molar-refractivity contribution in [1.29, 1.82) is 0 Å². The van der Waals surface area contributed by atoms with E-state index in [9.17, 15) is 14.4 Å². The quantitative estimate of drug-likeness (QED) is 0.717. The number of aliphatic carboxylic acids is 1. The summed E-state index contributed by atoms with van der Waals surface area (Å²) in [5.74, 6) is -1.99. The Morgan fingerprint density at radius 2 is 1.90 bits per heavy atom. The molecule has 1 aliphatic carbocycles. The third-order valence-electron chi connectivity index (χ3n) is 3.12. The largest absolute Gasteiger partial charge is 0.479 e. The van der Waals surface area contributed by atoms with E-state index < -0.39 is 30.7 Å². The molecule has 1 fully saturated rings. The Morgan fingerprint density at radius 1 is 1.25 bits per heavy atom. The molecule has 1 atom stereocenters. The van der Waals surface area contributed by atoms with Crippen LogP contribution < -0.4 is 5.32 Å². The molecule has 7 heteroatoms. The highest BCUT2D eigenvalue weighted by molar-refractivity contribution is 5.81. The SMILES string of the molecule is CCC(OC(=O)CNC(=O)OC1CCCCC1)C(=O)O. The number of ether oxygens (including phenoxy) is 2. The Morgan fingerprint density at radius 3 is 2.45 bits per heavy atom. The van der Waals surface area contributed by atoms with Crippen LogP contribution in [0, 0.1) is 0 Å². The molecule has 0 heterocycles. The number of rotatable bonds is 6. The minimum Gasteiger partial charge on any atom is -0.479 e. The first-order valence-electron chi connectivity index (χ1n) is 6.89. The normalized spacial score (nSPS) is 17.1. The molecule has 1 amide bonds. The summed E-state index contributed by atoms with van der Waals surface area (Å²) in [5.41, 5.74) is 0. The highest BCUT2D eigenvalue weighted by Gasteiger charge is 2.21. The van der Waals surface area contributed by atoms with Crippen molar-refractivity contribution in [3.8, 4) is 0 Å². The molecule has 1 aliphatic rings. The number of carboxylic acid groups (broad SMARTS) is 1. The summed E-state index contributed by atoms with van der Waals surface area (Å²) < 4.78 is 9.84. The van der Waals surface area contributed by atoms with Gasteiger partial charge in [-0.15, -0.1) is 0 Å². The van der Waals surface area contributed by atoms with Crippen molar-refractivity contribution in [2.75, 3.05) is 6.54 Å². The Kier molecular flexibility index (Phi) is 6.83. The fraction of sp³-hybridized carbons (Fsp3) is 0.769.